The van der Waals surface area contributed by atoms with Gasteiger partial charge in [0.25, 0.3) is 0 Å². The highest BCUT2D eigenvalue weighted by Crippen LogP contribution is 2.25. The summed E-state index contributed by atoms with van der Waals surface area (Å²) < 4.78 is 7.36. The standard InChI is InChI=1S/C13H13N5OS/c1-9-11(8-20-13-15-16-17-18(13)2)14-12(19-9)10-6-4-3-5-7-10/h3-7H,8H2,1-2H3. The van der Waals surface area contributed by atoms with Gasteiger partial charge in [-0.25, -0.2) is 9.67 Å². The molecule has 2 heterocycles. The topological polar surface area (TPSA) is 69.6 Å². The highest BCUT2D eigenvalue weighted by molar-refractivity contribution is 7.98. The molecule has 0 radical (unpaired) electrons. The fraction of sp³-hybridized carbons (Fsp3) is 0.231. The lowest BCUT2D eigenvalue weighted by molar-refractivity contribution is 0.540. The Hall–Kier alpha value is -2.15. The molecule has 20 heavy (non-hydrogen) atoms. The summed E-state index contributed by atoms with van der Waals surface area (Å²) in [6, 6.07) is 9.86. The molecule has 0 N–H and O–H groups in total. The van der Waals surface area contributed by atoms with Gasteiger partial charge in [-0.1, -0.05) is 30.0 Å². The molecule has 1 aromatic carbocycles. The summed E-state index contributed by atoms with van der Waals surface area (Å²) >= 11 is 1.53. The van der Waals surface area contributed by atoms with Gasteiger partial charge in [-0.05, 0) is 29.5 Å². The molecule has 7 heteroatoms. The molecule has 0 aliphatic rings. The molecule has 0 amide bonds. The van der Waals surface area contributed by atoms with Crippen molar-refractivity contribution in [3.8, 4) is 11.5 Å². The van der Waals surface area contributed by atoms with Crippen LogP contribution in [0.5, 0.6) is 0 Å². The van der Waals surface area contributed by atoms with E-state index in [0.717, 1.165) is 22.2 Å². The molecule has 0 saturated heterocycles. The zero-order valence-electron chi connectivity index (χ0n) is 11.1. The Bertz CT molecular complexity index is 707. The lowest BCUT2D eigenvalue weighted by atomic mass is 10.2. The Labute approximate surface area is 120 Å². The van der Waals surface area contributed by atoms with Crippen LogP contribution in [-0.4, -0.2) is 25.2 Å². The number of tetrazole rings is 1. The number of rotatable bonds is 4. The zero-order valence-corrected chi connectivity index (χ0v) is 12.0. The number of oxazole rings is 1. The second-order valence-corrected chi connectivity index (χ2v) is 5.20. The Balaban J connectivity index is 1.78. The van der Waals surface area contributed by atoms with Gasteiger partial charge in [0.15, 0.2) is 0 Å². The quantitative estimate of drug-likeness (QED) is 0.687. The Morgan fingerprint density at radius 3 is 2.75 bits per heavy atom. The van der Waals surface area contributed by atoms with Crippen LogP contribution in [0.25, 0.3) is 11.5 Å². The molecule has 102 valence electrons. The maximum Gasteiger partial charge on any atom is 0.226 e. The highest BCUT2D eigenvalue weighted by Gasteiger charge is 2.13. The van der Waals surface area contributed by atoms with Gasteiger partial charge < -0.3 is 4.42 Å². The van der Waals surface area contributed by atoms with Crippen molar-refractivity contribution in [2.24, 2.45) is 7.05 Å². The van der Waals surface area contributed by atoms with Crippen molar-refractivity contribution in [2.45, 2.75) is 17.8 Å². The van der Waals surface area contributed by atoms with E-state index in [1.807, 2.05) is 44.3 Å². The number of aryl methyl sites for hydroxylation is 2. The van der Waals surface area contributed by atoms with Crippen LogP contribution < -0.4 is 0 Å². The Kier molecular flexibility index (Phi) is 3.51. The van der Waals surface area contributed by atoms with Crippen molar-refractivity contribution >= 4 is 11.8 Å². The van der Waals surface area contributed by atoms with E-state index in [4.69, 9.17) is 4.42 Å². The molecule has 3 rings (SSSR count). The fourth-order valence-corrected chi connectivity index (χ4v) is 2.59. The Morgan fingerprint density at radius 2 is 2.05 bits per heavy atom. The lowest BCUT2D eigenvalue weighted by Crippen LogP contribution is -1.94. The van der Waals surface area contributed by atoms with Gasteiger partial charge in [-0.2, -0.15) is 0 Å². The van der Waals surface area contributed by atoms with Gasteiger partial charge in [0.05, 0.1) is 5.69 Å². The minimum Gasteiger partial charge on any atom is -0.441 e. The summed E-state index contributed by atoms with van der Waals surface area (Å²) in [7, 11) is 1.81. The van der Waals surface area contributed by atoms with E-state index in [1.54, 1.807) is 4.68 Å². The number of aromatic nitrogens is 5. The largest absolute Gasteiger partial charge is 0.441 e. The zero-order chi connectivity index (χ0) is 13.9. The maximum atomic E-state index is 5.72. The molecule has 0 spiro atoms. The van der Waals surface area contributed by atoms with Crippen LogP contribution in [0.1, 0.15) is 11.5 Å². The van der Waals surface area contributed by atoms with Gasteiger partial charge in [0.1, 0.15) is 5.76 Å². The number of hydrogen-bond donors (Lipinski definition) is 0. The van der Waals surface area contributed by atoms with Crippen LogP contribution in [0.15, 0.2) is 39.9 Å². The summed E-state index contributed by atoms with van der Waals surface area (Å²) in [6.07, 6.45) is 0. The molecule has 0 atom stereocenters. The third-order valence-corrected chi connectivity index (χ3v) is 3.85. The van der Waals surface area contributed by atoms with Crippen LogP contribution in [0.3, 0.4) is 0 Å². The van der Waals surface area contributed by atoms with Crippen molar-refractivity contribution in [3.63, 3.8) is 0 Å². The molecule has 0 unspecified atom stereocenters. The highest BCUT2D eigenvalue weighted by atomic mass is 32.2. The molecule has 0 fully saturated rings. The second kappa shape index (κ2) is 5.46. The van der Waals surface area contributed by atoms with E-state index in [2.05, 4.69) is 20.5 Å². The first-order valence-corrected chi connectivity index (χ1v) is 7.09. The molecule has 6 nitrogen and oxygen atoms in total. The SMILES string of the molecule is Cc1oc(-c2ccccc2)nc1CSc1nnnn1C. The van der Waals surface area contributed by atoms with E-state index in [0.29, 0.717) is 11.6 Å². The normalized spacial score (nSPS) is 10.9. The Morgan fingerprint density at radius 1 is 1.25 bits per heavy atom. The number of benzene rings is 1. The molecule has 3 aromatic rings. The van der Waals surface area contributed by atoms with Gasteiger partial charge in [-0.15, -0.1) is 5.10 Å². The molecular weight excluding hydrogens is 274 g/mol. The average molecular weight is 287 g/mol. The minimum absolute atomic E-state index is 0.648. The van der Waals surface area contributed by atoms with E-state index in [1.165, 1.54) is 11.8 Å². The molecule has 0 aliphatic carbocycles. The van der Waals surface area contributed by atoms with Gasteiger partial charge in [0, 0.05) is 18.4 Å². The first kappa shape index (κ1) is 12.9. The summed E-state index contributed by atoms with van der Waals surface area (Å²) in [5.74, 6) is 2.15. The van der Waals surface area contributed by atoms with Crippen LogP contribution in [0.4, 0.5) is 0 Å². The first-order valence-electron chi connectivity index (χ1n) is 6.11. The molecular formula is C13H13N5OS. The van der Waals surface area contributed by atoms with E-state index in [-0.39, 0.29) is 0 Å². The fourth-order valence-electron chi connectivity index (χ4n) is 1.74. The van der Waals surface area contributed by atoms with Crippen LogP contribution in [0.2, 0.25) is 0 Å². The van der Waals surface area contributed by atoms with Gasteiger partial charge in [-0.3, -0.25) is 0 Å². The molecule has 0 saturated carbocycles. The van der Waals surface area contributed by atoms with Crippen molar-refractivity contribution in [1.82, 2.24) is 25.2 Å². The predicted octanol–water partition coefficient (Wildman–Crippen LogP) is 2.47. The first-order chi connectivity index (χ1) is 9.74. The van der Waals surface area contributed by atoms with Crippen molar-refractivity contribution in [1.29, 1.82) is 0 Å². The van der Waals surface area contributed by atoms with Crippen LogP contribution >= 0.6 is 11.8 Å². The smallest absolute Gasteiger partial charge is 0.226 e. The van der Waals surface area contributed by atoms with Gasteiger partial charge >= 0.3 is 0 Å². The molecule has 0 bridgehead atoms. The minimum atomic E-state index is 0.648. The number of hydrogen-bond acceptors (Lipinski definition) is 6. The number of nitrogens with zero attached hydrogens (tertiary/aromatic N) is 5. The summed E-state index contributed by atoms with van der Waals surface area (Å²) in [6.45, 7) is 1.92. The van der Waals surface area contributed by atoms with Crippen LogP contribution in [0, 0.1) is 6.92 Å². The second-order valence-electron chi connectivity index (χ2n) is 4.26. The third-order valence-electron chi connectivity index (χ3n) is 2.83. The third kappa shape index (κ3) is 2.57. The lowest BCUT2D eigenvalue weighted by Gasteiger charge is -1.96. The van der Waals surface area contributed by atoms with E-state index < -0.39 is 0 Å². The summed E-state index contributed by atoms with van der Waals surface area (Å²) in [5.41, 5.74) is 1.89. The maximum absolute atomic E-state index is 5.72. The van der Waals surface area contributed by atoms with Crippen molar-refractivity contribution in [3.05, 3.63) is 41.8 Å². The van der Waals surface area contributed by atoms with Crippen LogP contribution in [-0.2, 0) is 12.8 Å². The summed E-state index contributed by atoms with van der Waals surface area (Å²) in [5, 5.41) is 12.1. The summed E-state index contributed by atoms with van der Waals surface area (Å²) in [4.78, 5) is 4.54. The van der Waals surface area contributed by atoms with Crippen molar-refractivity contribution < 1.29 is 4.42 Å². The monoisotopic (exact) mass is 287 g/mol. The average Bonchev–Trinajstić information content (AvgIpc) is 3.04. The van der Waals surface area contributed by atoms with E-state index in [9.17, 15) is 0 Å². The molecule has 0 aliphatic heterocycles. The van der Waals surface area contributed by atoms with Crippen molar-refractivity contribution in [2.75, 3.05) is 0 Å². The predicted molar refractivity (Wildman–Crippen MR) is 75.0 cm³/mol. The van der Waals surface area contributed by atoms with E-state index >= 15 is 0 Å². The molecule has 2 aromatic heterocycles. The number of thioether (sulfide) groups is 1. The van der Waals surface area contributed by atoms with Gasteiger partial charge in [0.2, 0.25) is 11.0 Å².